The summed E-state index contributed by atoms with van der Waals surface area (Å²) in [4.78, 5) is 13.5. The van der Waals surface area contributed by atoms with Crippen LogP contribution in [-0.2, 0) is 4.74 Å². The van der Waals surface area contributed by atoms with Gasteiger partial charge in [0, 0.05) is 19.4 Å². The number of rotatable bonds is 2. The second-order valence-corrected chi connectivity index (χ2v) is 5.08. The minimum atomic E-state index is -0.183. The van der Waals surface area contributed by atoms with Crippen LogP contribution in [0.3, 0.4) is 0 Å². The Morgan fingerprint density at radius 3 is 2.73 bits per heavy atom. The summed E-state index contributed by atoms with van der Waals surface area (Å²) in [5.74, 6) is 0.509. The molecule has 15 heavy (non-hydrogen) atoms. The zero-order chi connectivity index (χ0) is 10.9. The zero-order valence-corrected chi connectivity index (χ0v) is 9.58. The van der Waals surface area contributed by atoms with Crippen LogP contribution in [0.4, 0.5) is 4.79 Å². The molecule has 1 spiro atoms. The highest BCUT2D eigenvalue weighted by molar-refractivity contribution is 5.70. The molecule has 2 aliphatic heterocycles. The highest BCUT2D eigenvalue weighted by Crippen LogP contribution is 2.31. The van der Waals surface area contributed by atoms with Gasteiger partial charge < -0.3 is 15.0 Å². The van der Waals surface area contributed by atoms with E-state index in [-0.39, 0.29) is 11.7 Å². The number of nitrogens with zero attached hydrogens (tertiary/aromatic N) is 1. The molecule has 0 radical (unpaired) electrons. The van der Waals surface area contributed by atoms with Crippen LogP contribution in [0.5, 0.6) is 0 Å². The van der Waals surface area contributed by atoms with Gasteiger partial charge in [-0.15, -0.1) is 0 Å². The van der Waals surface area contributed by atoms with Crippen LogP contribution in [0.15, 0.2) is 0 Å². The van der Waals surface area contributed by atoms with Crippen LogP contribution >= 0.6 is 0 Å². The normalized spacial score (nSPS) is 25.0. The number of amides is 1. The molecule has 86 valence electrons. The molecule has 4 heteroatoms. The third-order valence-corrected chi connectivity index (χ3v) is 3.14. The van der Waals surface area contributed by atoms with Gasteiger partial charge in [-0.3, -0.25) is 0 Å². The molecule has 0 bridgehead atoms. The molecule has 2 saturated heterocycles. The summed E-state index contributed by atoms with van der Waals surface area (Å²) in [7, 11) is 0. The molecule has 1 amide bonds. The quantitative estimate of drug-likeness (QED) is 0.748. The molecule has 0 unspecified atom stereocenters. The van der Waals surface area contributed by atoms with E-state index in [1.165, 1.54) is 0 Å². The van der Waals surface area contributed by atoms with Gasteiger partial charge in [-0.05, 0) is 19.0 Å². The first-order valence-corrected chi connectivity index (χ1v) is 5.80. The molecule has 0 saturated carbocycles. The number of hydrogen-bond acceptors (Lipinski definition) is 3. The lowest BCUT2D eigenvalue weighted by molar-refractivity contribution is 0.0316. The summed E-state index contributed by atoms with van der Waals surface area (Å²) in [6.07, 6.45) is 1.78. The summed E-state index contributed by atoms with van der Waals surface area (Å²) in [5, 5.41) is 3.30. The Bertz CT molecular complexity index is 247. The molecule has 0 atom stereocenters. The molecule has 2 aliphatic rings. The Morgan fingerprint density at radius 2 is 2.13 bits per heavy atom. The fourth-order valence-corrected chi connectivity index (χ4v) is 2.42. The van der Waals surface area contributed by atoms with Crippen molar-refractivity contribution in [3.8, 4) is 0 Å². The predicted octanol–water partition coefficient (Wildman–Crippen LogP) is 1.22. The number of hydrogen-bond donors (Lipinski definition) is 1. The highest BCUT2D eigenvalue weighted by Gasteiger charge is 2.45. The Hall–Kier alpha value is -0.770. The lowest BCUT2D eigenvalue weighted by Gasteiger charge is -2.31. The average molecular weight is 212 g/mol. The molecule has 0 aromatic rings. The molecule has 2 rings (SSSR count). The Labute approximate surface area is 91.0 Å². The van der Waals surface area contributed by atoms with Crippen LogP contribution < -0.4 is 5.32 Å². The summed E-state index contributed by atoms with van der Waals surface area (Å²) in [6, 6.07) is 0. The van der Waals surface area contributed by atoms with Crippen molar-refractivity contribution < 1.29 is 9.53 Å². The van der Waals surface area contributed by atoms with E-state index in [1.807, 2.05) is 4.90 Å². The van der Waals surface area contributed by atoms with Gasteiger partial charge in [0.25, 0.3) is 0 Å². The third-order valence-electron chi connectivity index (χ3n) is 3.14. The number of piperidine rings is 1. The monoisotopic (exact) mass is 212 g/mol. The Balaban J connectivity index is 1.98. The van der Waals surface area contributed by atoms with Gasteiger partial charge in [0.05, 0.1) is 6.54 Å². The maximum absolute atomic E-state index is 11.7. The number of carbonyl (C=O) groups is 1. The fraction of sp³-hybridized carbons (Fsp3) is 0.909. The third kappa shape index (κ3) is 2.25. The summed E-state index contributed by atoms with van der Waals surface area (Å²) >= 11 is 0. The van der Waals surface area contributed by atoms with E-state index in [0.717, 1.165) is 39.0 Å². The average Bonchev–Trinajstić information content (AvgIpc) is 2.43. The molecular weight excluding hydrogens is 192 g/mol. The van der Waals surface area contributed by atoms with Crippen LogP contribution in [0, 0.1) is 5.92 Å². The second kappa shape index (κ2) is 4.00. The van der Waals surface area contributed by atoms with E-state index >= 15 is 0 Å². The lowest BCUT2D eigenvalue weighted by Crippen LogP contribution is -2.45. The maximum Gasteiger partial charge on any atom is 0.410 e. The topological polar surface area (TPSA) is 41.6 Å². The minimum absolute atomic E-state index is 0.120. The molecule has 0 aliphatic carbocycles. The molecule has 0 aromatic heterocycles. The van der Waals surface area contributed by atoms with E-state index < -0.39 is 0 Å². The largest absolute Gasteiger partial charge is 0.441 e. The van der Waals surface area contributed by atoms with Gasteiger partial charge in [-0.1, -0.05) is 13.8 Å². The van der Waals surface area contributed by atoms with Gasteiger partial charge in [-0.25, -0.2) is 4.79 Å². The van der Waals surface area contributed by atoms with Gasteiger partial charge in [0.1, 0.15) is 5.60 Å². The van der Waals surface area contributed by atoms with E-state index in [1.54, 1.807) is 0 Å². The standard InChI is InChI=1S/C11H20N2O2/c1-9(2)7-13-8-11(15-10(13)14)3-5-12-6-4-11/h9,12H,3-8H2,1-2H3. The second-order valence-electron chi connectivity index (χ2n) is 5.08. The molecular formula is C11H20N2O2. The van der Waals surface area contributed by atoms with Gasteiger partial charge in [-0.2, -0.15) is 0 Å². The SMILES string of the molecule is CC(C)CN1CC2(CCNCC2)OC1=O. The zero-order valence-electron chi connectivity index (χ0n) is 9.58. The Morgan fingerprint density at radius 1 is 1.47 bits per heavy atom. The van der Waals surface area contributed by atoms with E-state index in [9.17, 15) is 4.79 Å². The minimum Gasteiger partial charge on any atom is -0.441 e. The van der Waals surface area contributed by atoms with Crippen molar-refractivity contribution in [1.82, 2.24) is 10.2 Å². The van der Waals surface area contributed by atoms with Crippen molar-refractivity contribution >= 4 is 6.09 Å². The van der Waals surface area contributed by atoms with Gasteiger partial charge >= 0.3 is 6.09 Å². The molecule has 4 nitrogen and oxygen atoms in total. The number of carbonyl (C=O) groups excluding carboxylic acids is 1. The molecule has 2 heterocycles. The first-order chi connectivity index (χ1) is 7.11. The first-order valence-electron chi connectivity index (χ1n) is 5.80. The van der Waals surface area contributed by atoms with Crippen molar-refractivity contribution in [3.05, 3.63) is 0 Å². The van der Waals surface area contributed by atoms with Crippen LogP contribution in [0.2, 0.25) is 0 Å². The van der Waals surface area contributed by atoms with Crippen molar-refractivity contribution in [2.24, 2.45) is 5.92 Å². The molecule has 1 N–H and O–H groups in total. The van der Waals surface area contributed by atoms with Gasteiger partial charge in [0.15, 0.2) is 0 Å². The first kappa shape index (κ1) is 10.7. The van der Waals surface area contributed by atoms with Gasteiger partial charge in [0.2, 0.25) is 0 Å². The van der Waals surface area contributed by atoms with E-state index in [2.05, 4.69) is 19.2 Å². The Kier molecular flexibility index (Phi) is 2.87. The van der Waals surface area contributed by atoms with Crippen molar-refractivity contribution in [2.75, 3.05) is 26.2 Å². The summed E-state index contributed by atoms with van der Waals surface area (Å²) in [5.41, 5.74) is -0.183. The van der Waals surface area contributed by atoms with Crippen molar-refractivity contribution in [3.63, 3.8) is 0 Å². The maximum atomic E-state index is 11.7. The van der Waals surface area contributed by atoms with Crippen LogP contribution in [0.1, 0.15) is 26.7 Å². The van der Waals surface area contributed by atoms with E-state index in [4.69, 9.17) is 4.74 Å². The lowest BCUT2D eigenvalue weighted by atomic mass is 9.92. The van der Waals surface area contributed by atoms with Crippen molar-refractivity contribution in [1.29, 1.82) is 0 Å². The highest BCUT2D eigenvalue weighted by atomic mass is 16.6. The number of ether oxygens (including phenoxy) is 1. The van der Waals surface area contributed by atoms with E-state index in [0.29, 0.717) is 5.92 Å². The smallest absolute Gasteiger partial charge is 0.410 e. The molecule has 0 aromatic carbocycles. The van der Waals surface area contributed by atoms with Crippen LogP contribution in [-0.4, -0.2) is 42.8 Å². The fourth-order valence-electron chi connectivity index (χ4n) is 2.42. The number of nitrogens with one attached hydrogen (secondary N) is 1. The van der Waals surface area contributed by atoms with Crippen molar-refractivity contribution in [2.45, 2.75) is 32.3 Å². The summed E-state index contributed by atoms with van der Waals surface area (Å²) in [6.45, 7) is 7.77. The predicted molar refractivity (Wildman–Crippen MR) is 57.7 cm³/mol. The van der Waals surface area contributed by atoms with Crippen LogP contribution in [0.25, 0.3) is 0 Å². The molecule has 2 fully saturated rings. The summed E-state index contributed by atoms with van der Waals surface area (Å²) < 4.78 is 5.55.